The van der Waals surface area contributed by atoms with Crippen molar-refractivity contribution < 1.29 is 4.79 Å². The van der Waals surface area contributed by atoms with Gasteiger partial charge in [0.15, 0.2) is 0 Å². The number of anilines is 1. The quantitative estimate of drug-likeness (QED) is 0.223. The molecule has 0 aliphatic carbocycles. The Balaban J connectivity index is 1.98. The van der Waals surface area contributed by atoms with E-state index in [1.54, 1.807) is 12.1 Å². The summed E-state index contributed by atoms with van der Waals surface area (Å²) in [6, 6.07) is 7.33. The van der Waals surface area contributed by atoms with E-state index >= 15 is 0 Å². The molecule has 1 aromatic rings. The maximum atomic E-state index is 11.1. The van der Waals surface area contributed by atoms with Gasteiger partial charge in [0.25, 0.3) is 5.24 Å². The molecule has 0 bridgehead atoms. The summed E-state index contributed by atoms with van der Waals surface area (Å²) in [5.41, 5.74) is 1.49. The van der Waals surface area contributed by atoms with Crippen molar-refractivity contribution in [1.82, 2.24) is 0 Å². The lowest BCUT2D eigenvalue weighted by molar-refractivity contribution is 0.108. The van der Waals surface area contributed by atoms with Crippen LogP contribution in [0.2, 0.25) is 0 Å². The van der Waals surface area contributed by atoms with Gasteiger partial charge in [-0.1, -0.05) is 63.7 Å². The maximum absolute atomic E-state index is 11.1. The van der Waals surface area contributed by atoms with E-state index in [2.05, 4.69) is 24.4 Å². The van der Waals surface area contributed by atoms with Crippen LogP contribution in [0.5, 0.6) is 0 Å². The molecule has 0 fully saturated rings. The molecule has 0 atom stereocenters. The molecule has 0 aliphatic rings. The van der Waals surface area contributed by atoms with Crippen LogP contribution in [-0.2, 0) is 0 Å². The summed E-state index contributed by atoms with van der Waals surface area (Å²) in [4.78, 5) is 11.1. The molecule has 0 amide bonds. The molecule has 2 nitrogen and oxygen atoms in total. The Kier molecular flexibility index (Phi) is 12.2. The lowest BCUT2D eigenvalue weighted by Crippen LogP contribution is -2.01. The molecule has 0 heterocycles. The van der Waals surface area contributed by atoms with Gasteiger partial charge >= 0.3 is 0 Å². The Hall–Kier alpha value is -1.28. The number of nitrogens with one attached hydrogen (secondary N) is 1. The van der Waals surface area contributed by atoms with Gasteiger partial charge in [0.05, 0.1) is 0 Å². The fourth-order valence-corrected chi connectivity index (χ4v) is 2.78. The standard InChI is InChI=1S/C21H32ClNO/c1-2-3-4-5-6-7-8-9-10-11-12-13-17-23-20-16-14-15-19(18-20)21(22)24/h10-11,14-16,18,23H,2-9,12-13,17H2,1H3. The number of rotatable bonds is 14. The fraction of sp³-hybridized carbons (Fsp3) is 0.571. The van der Waals surface area contributed by atoms with Crippen molar-refractivity contribution in [3.8, 4) is 0 Å². The second-order valence-corrected chi connectivity index (χ2v) is 6.65. The summed E-state index contributed by atoms with van der Waals surface area (Å²) < 4.78 is 0. The SMILES string of the molecule is CCCCCCCCCC=CCCCNc1cccc(C(=O)Cl)c1. The van der Waals surface area contributed by atoms with Gasteiger partial charge in [-0.2, -0.15) is 0 Å². The normalized spacial score (nSPS) is 11.1. The van der Waals surface area contributed by atoms with Gasteiger partial charge in [-0.3, -0.25) is 4.79 Å². The smallest absolute Gasteiger partial charge is 0.252 e. The van der Waals surface area contributed by atoms with E-state index in [9.17, 15) is 4.79 Å². The molecule has 0 unspecified atom stereocenters. The number of carbonyl (C=O) groups excluding carboxylic acids is 1. The number of benzene rings is 1. The van der Waals surface area contributed by atoms with E-state index in [1.807, 2.05) is 12.1 Å². The lowest BCUT2D eigenvalue weighted by Gasteiger charge is -2.06. The topological polar surface area (TPSA) is 29.1 Å². The molecule has 1 rings (SSSR count). The van der Waals surface area contributed by atoms with Crippen molar-refractivity contribution in [3.05, 3.63) is 42.0 Å². The molecular formula is C21H32ClNO. The van der Waals surface area contributed by atoms with Crippen LogP contribution >= 0.6 is 11.6 Å². The highest BCUT2D eigenvalue weighted by Crippen LogP contribution is 2.13. The zero-order valence-electron chi connectivity index (χ0n) is 15.0. The van der Waals surface area contributed by atoms with Crippen LogP contribution in [0.1, 0.15) is 81.5 Å². The van der Waals surface area contributed by atoms with Crippen LogP contribution in [0.25, 0.3) is 0 Å². The first-order valence-corrected chi connectivity index (χ1v) is 9.80. The number of unbranched alkanes of at least 4 members (excludes halogenated alkanes) is 8. The predicted molar refractivity (Wildman–Crippen MR) is 106 cm³/mol. The molecular weight excluding hydrogens is 318 g/mol. The lowest BCUT2D eigenvalue weighted by atomic mass is 10.1. The zero-order valence-corrected chi connectivity index (χ0v) is 15.8. The van der Waals surface area contributed by atoms with Crippen LogP contribution in [0.3, 0.4) is 0 Å². The summed E-state index contributed by atoms with van der Waals surface area (Å²) in [7, 11) is 0. The molecule has 0 saturated heterocycles. The van der Waals surface area contributed by atoms with E-state index in [0.717, 1.165) is 25.1 Å². The zero-order chi connectivity index (χ0) is 17.5. The number of halogens is 1. The molecule has 0 saturated carbocycles. The predicted octanol–water partition coefficient (Wildman–Crippen LogP) is 6.95. The fourth-order valence-electron chi connectivity index (χ4n) is 2.66. The summed E-state index contributed by atoms with van der Waals surface area (Å²) in [6.07, 6.45) is 17.6. The molecule has 0 radical (unpaired) electrons. The third kappa shape index (κ3) is 10.5. The summed E-state index contributed by atoms with van der Waals surface area (Å²) in [6.45, 7) is 3.17. The van der Waals surface area contributed by atoms with Gasteiger partial charge in [-0.25, -0.2) is 0 Å². The van der Waals surface area contributed by atoms with E-state index in [4.69, 9.17) is 11.6 Å². The van der Waals surface area contributed by atoms with E-state index in [1.165, 1.54) is 51.4 Å². The van der Waals surface area contributed by atoms with E-state index in [0.29, 0.717) is 5.56 Å². The van der Waals surface area contributed by atoms with Crippen molar-refractivity contribution in [3.63, 3.8) is 0 Å². The van der Waals surface area contributed by atoms with Gasteiger partial charge in [0.2, 0.25) is 0 Å². The molecule has 1 aromatic carbocycles. The largest absolute Gasteiger partial charge is 0.385 e. The van der Waals surface area contributed by atoms with Gasteiger partial charge in [-0.15, -0.1) is 0 Å². The Bertz CT molecular complexity index is 484. The Morgan fingerprint density at radius 2 is 1.67 bits per heavy atom. The highest BCUT2D eigenvalue weighted by Gasteiger charge is 2.01. The third-order valence-corrected chi connectivity index (χ3v) is 4.33. The van der Waals surface area contributed by atoms with E-state index in [-0.39, 0.29) is 0 Å². The maximum Gasteiger partial charge on any atom is 0.252 e. The van der Waals surface area contributed by atoms with Gasteiger partial charge in [-0.05, 0) is 55.5 Å². The molecule has 24 heavy (non-hydrogen) atoms. The van der Waals surface area contributed by atoms with Crippen molar-refractivity contribution in [2.75, 3.05) is 11.9 Å². The molecule has 134 valence electrons. The second-order valence-electron chi connectivity index (χ2n) is 6.30. The van der Waals surface area contributed by atoms with Gasteiger partial charge < -0.3 is 5.32 Å². The molecule has 0 spiro atoms. The van der Waals surface area contributed by atoms with Crippen LogP contribution in [-0.4, -0.2) is 11.8 Å². The first-order chi connectivity index (χ1) is 11.7. The van der Waals surface area contributed by atoms with Crippen LogP contribution in [0.4, 0.5) is 5.69 Å². The summed E-state index contributed by atoms with van der Waals surface area (Å²) in [5.74, 6) is 0. The van der Waals surface area contributed by atoms with E-state index < -0.39 is 5.24 Å². The van der Waals surface area contributed by atoms with Crippen molar-refractivity contribution in [1.29, 1.82) is 0 Å². The van der Waals surface area contributed by atoms with Crippen molar-refractivity contribution in [2.45, 2.75) is 71.1 Å². The van der Waals surface area contributed by atoms with Crippen LogP contribution in [0.15, 0.2) is 36.4 Å². The van der Waals surface area contributed by atoms with Crippen LogP contribution in [0, 0.1) is 0 Å². The summed E-state index contributed by atoms with van der Waals surface area (Å²) >= 11 is 5.49. The Morgan fingerprint density at radius 1 is 1.00 bits per heavy atom. The highest BCUT2D eigenvalue weighted by atomic mass is 35.5. The van der Waals surface area contributed by atoms with Crippen molar-refractivity contribution >= 4 is 22.5 Å². The summed E-state index contributed by atoms with van der Waals surface area (Å²) in [5, 5.41) is 2.92. The molecule has 1 N–H and O–H groups in total. The number of carbonyl (C=O) groups is 1. The number of allylic oxidation sites excluding steroid dienone is 2. The first-order valence-electron chi connectivity index (χ1n) is 9.42. The average Bonchev–Trinajstić information content (AvgIpc) is 2.59. The average molecular weight is 350 g/mol. The van der Waals surface area contributed by atoms with Gasteiger partial charge in [0, 0.05) is 17.8 Å². The minimum Gasteiger partial charge on any atom is -0.385 e. The molecule has 3 heteroatoms. The second kappa shape index (κ2) is 14.1. The van der Waals surface area contributed by atoms with Crippen LogP contribution < -0.4 is 5.32 Å². The number of hydrogen-bond acceptors (Lipinski definition) is 2. The number of hydrogen-bond donors (Lipinski definition) is 1. The minimum atomic E-state index is -0.410. The minimum absolute atomic E-state index is 0.410. The monoisotopic (exact) mass is 349 g/mol. The molecule has 0 aliphatic heterocycles. The third-order valence-electron chi connectivity index (χ3n) is 4.11. The van der Waals surface area contributed by atoms with Gasteiger partial charge in [0.1, 0.15) is 0 Å². The Labute approximate surface area is 152 Å². The molecule has 0 aromatic heterocycles. The van der Waals surface area contributed by atoms with Crippen molar-refractivity contribution in [2.24, 2.45) is 0 Å². The highest BCUT2D eigenvalue weighted by molar-refractivity contribution is 6.67. The Morgan fingerprint density at radius 3 is 2.38 bits per heavy atom. The first kappa shape index (κ1) is 20.8.